The molecule has 1 unspecified atom stereocenters. The molecule has 0 aliphatic carbocycles. The fourth-order valence-corrected chi connectivity index (χ4v) is 3.95. The van der Waals surface area contributed by atoms with E-state index in [0.29, 0.717) is 36.2 Å². The van der Waals surface area contributed by atoms with Crippen LogP contribution in [0.15, 0.2) is 12.1 Å². The van der Waals surface area contributed by atoms with Crippen molar-refractivity contribution in [3.63, 3.8) is 0 Å². The summed E-state index contributed by atoms with van der Waals surface area (Å²) in [5.74, 6) is 1.57. The Morgan fingerprint density at radius 3 is 2.52 bits per heavy atom. The summed E-state index contributed by atoms with van der Waals surface area (Å²) in [7, 11) is 4.64. The molecular formula is C17H23NO6S. The molecular weight excluding hydrogens is 346 g/mol. The van der Waals surface area contributed by atoms with Crippen molar-refractivity contribution in [2.45, 2.75) is 18.7 Å². The highest BCUT2D eigenvalue weighted by Gasteiger charge is 2.36. The van der Waals surface area contributed by atoms with Crippen molar-refractivity contribution in [3.8, 4) is 17.2 Å². The van der Waals surface area contributed by atoms with Gasteiger partial charge in [-0.3, -0.25) is 9.59 Å². The number of carbonyl (C=O) groups excluding carboxylic acids is 2. The predicted octanol–water partition coefficient (Wildman–Crippen LogP) is 2.24. The van der Waals surface area contributed by atoms with Crippen molar-refractivity contribution in [1.82, 2.24) is 4.90 Å². The molecule has 0 aromatic heterocycles. The lowest BCUT2D eigenvalue weighted by Gasteiger charge is -2.26. The topological polar surface area (TPSA) is 74.3 Å². The van der Waals surface area contributed by atoms with Crippen molar-refractivity contribution in [3.05, 3.63) is 17.7 Å². The van der Waals surface area contributed by atoms with Crippen molar-refractivity contribution in [1.29, 1.82) is 0 Å². The molecule has 1 heterocycles. The van der Waals surface area contributed by atoms with Gasteiger partial charge in [-0.2, -0.15) is 0 Å². The van der Waals surface area contributed by atoms with E-state index in [1.54, 1.807) is 32.1 Å². The second-order valence-corrected chi connectivity index (χ2v) is 6.30. The molecule has 0 saturated carbocycles. The van der Waals surface area contributed by atoms with E-state index >= 15 is 0 Å². The molecule has 1 aromatic rings. The molecule has 0 N–H and O–H groups in total. The molecule has 7 nitrogen and oxygen atoms in total. The summed E-state index contributed by atoms with van der Waals surface area (Å²) < 4.78 is 21.2. The third kappa shape index (κ3) is 4.12. The highest BCUT2D eigenvalue weighted by atomic mass is 32.2. The van der Waals surface area contributed by atoms with Crippen LogP contribution in [0.1, 0.15) is 24.3 Å². The molecule has 138 valence electrons. The van der Waals surface area contributed by atoms with Crippen LogP contribution in [0.3, 0.4) is 0 Å². The second kappa shape index (κ2) is 8.84. The van der Waals surface area contributed by atoms with Gasteiger partial charge >= 0.3 is 5.97 Å². The third-order valence-corrected chi connectivity index (χ3v) is 5.07. The summed E-state index contributed by atoms with van der Waals surface area (Å²) in [6.45, 7) is 2.38. The van der Waals surface area contributed by atoms with E-state index in [4.69, 9.17) is 18.9 Å². The number of esters is 1. The summed E-state index contributed by atoms with van der Waals surface area (Å²) in [5.41, 5.74) is 0.805. The van der Waals surface area contributed by atoms with Crippen LogP contribution in [0.2, 0.25) is 0 Å². The first-order chi connectivity index (χ1) is 12.1. The summed E-state index contributed by atoms with van der Waals surface area (Å²) in [6, 6.07) is 3.64. The maximum atomic E-state index is 12.3. The highest BCUT2D eigenvalue weighted by molar-refractivity contribution is 8.00. The molecule has 0 spiro atoms. The number of nitrogens with zero attached hydrogens (tertiary/aromatic N) is 1. The van der Waals surface area contributed by atoms with Gasteiger partial charge in [0.1, 0.15) is 5.37 Å². The minimum atomic E-state index is -0.315. The fourth-order valence-electron chi connectivity index (χ4n) is 2.72. The van der Waals surface area contributed by atoms with Crippen LogP contribution in [0.25, 0.3) is 0 Å². The quantitative estimate of drug-likeness (QED) is 0.651. The van der Waals surface area contributed by atoms with Gasteiger partial charge in [0, 0.05) is 12.1 Å². The average molecular weight is 369 g/mol. The number of amides is 1. The zero-order chi connectivity index (χ0) is 18.4. The molecule has 1 aliphatic rings. The maximum absolute atomic E-state index is 12.3. The normalized spacial score (nSPS) is 16.7. The van der Waals surface area contributed by atoms with Gasteiger partial charge < -0.3 is 23.8 Å². The predicted molar refractivity (Wildman–Crippen MR) is 94.3 cm³/mol. The van der Waals surface area contributed by atoms with E-state index in [9.17, 15) is 9.59 Å². The van der Waals surface area contributed by atoms with E-state index in [-0.39, 0.29) is 23.7 Å². The van der Waals surface area contributed by atoms with Crippen molar-refractivity contribution in [2.24, 2.45) is 0 Å². The molecule has 1 amide bonds. The number of rotatable bonds is 8. The summed E-state index contributed by atoms with van der Waals surface area (Å²) in [6.07, 6.45) is 0.159. The van der Waals surface area contributed by atoms with Gasteiger partial charge in [-0.1, -0.05) is 0 Å². The van der Waals surface area contributed by atoms with Gasteiger partial charge in [0.05, 0.1) is 40.1 Å². The Hall–Kier alpha value is -2.09. The monoisotopic (exact) mass is 369 g/mol. The molecule has 2 rings (SSSR count). The Balaban J connectivity index is 2.29. The molecule has 1 saturated heterocycles. The van der Waals surface area contributed by atoms with Crippen LogP contribution < -0.4 is 14.2 Å². The molecule has 0 bridgehead atoms. The van der Waals surface area contributed by atoms with Crippen LogP contribution in [0, 0.1) is 0 Å². The lowest BCUT2D eigenvalue weighted by molar-refractivity contribution is -0.143. The Kier molecular flexibility index (Phi) is 6.81. The van der Waals surface area contributed by atoms with Crippen molar-refractivity contribution in [2.75, 3.05) is 40.2 Å². The van der Waals surface area contributed by atoms with Crippen LogP contribution in [-0.4, -0.2) is 57.0 Å². The van der Waals surface area contributed by atoms with E-state index < -0.39 is 0 Å². The molecule has 0 radical (unpaired) electrons. The molecule has 1 aliphatic heterocycles. The van der Waals surface area contributed by atoms with Gasteiger partial charge in [-0.05, 0) is 19.1 Å². The van der Waals surface area contributed by atoms with E-state index in [0.717, 1.165) is 5.56 Å². The molecule has 1 atom stereocenters. The number of ether oxygens (including phenoxy) is 4. The van der Waals surface area contributed by atoms with Crippen LogP contribution in [0.4, 0.5) is 0 Å². The van der Waals surface area contributed by atoms with E-state index in [1.165, 1.54) is 18.9 Å². The van der Waals surface area contributed by atoms with Crippen molar-refractivity contribution < 1.29 is 28.5 Å². The zero-order valence-corrected chi connectivity index (χ0v) is 15.7. The van der Waals surface area contributed by atoms with E-state index in [2.05, 4.69) is 0 Å². The smallest absolute Gasteiger partial charge is 0.307 e. The summed E-state index contributed by atoms with van der Waals surface area (Å²) in [5, 5.41) is -0.253. The van der Waals surface area contributed by atoms with Crippen LogP contribution >= 0.6 is 11.8 Å². The number of methoxy groups -OCH3 is 3. The SMILES string of the molecule is CCOC(=O)CCN1C(=O)CSC1c1ccc(OC)c(OC)c1OC. The Morgan fingerprint density at radius 1 is 1.20 bits per heavy atom. The van der Waals surface area contributed by atoms with Crippen LogP contribution in [0.5, 0.6) is 17.2 Å². The first-order valence-electron chi connectivity index (χ1n) is 7.92. The Morgan fingerprint density at radius 2 is 1.92 bits per heavy atom. The maximum Gasteiger partial charge on any atom is 0.307 e. The summed E-state index contributed by atoms with van der Waals surface area (Å²) in [4.78, 5) is 25.6. The molecule has 1 aromatic carbocycles. The Bertz CT molecular complexity index is 636. The molecule has 1 fully saturated rings. The number of carbonyl (C=O) groups is 2. The van der Waals surface area contributed by atoms with Crippen molar-refractivity contribution >= 4 is 23.6 Å². The number of hydrogen-bond acceptors (Lipinski definition) is 7. The highest BCUT2D eigenvalue weighted by Crippen LogP contribution is 2.48. The molecule has 25 heavy (non-hydrogen) atoms. The standard InChI is InChI=1S/C17H23NO6S/c1-5-24-14(20)8-9-18-13(19)10-25-17(18)11-6-7-12(21-2)16(23-4)15(11)22-3/h6-7,17H,5,8-10H2,1-4H3. The lowest BCUT2D eigenvalue weighted by Crippen LogP contribution is -2.31. The average Bonchev–Trinajstić information content (AvgIpc) is 2.99. The number of hydrogen-bond donors (Lipinski definition) is 0. The second-order valence-electron chi connectivity index (χ2n) is 5.23. The minimum absolute atomic E-state index is 0.0175. The van der Waals surface area contributed by atoms with Gasteiger partial charge in [0.25, 0.3) is 0 Å². The number of benzene rings is 1. The van der Waals surface area contributed by atoms with Gasteiger partial charge in [-0.25, -0.2) is 0 Å². The fraction of sp³-hybridized carbons (Fsp3) is 0.529. The van der Waals surface area contributed by atoms with Gasteiger partial charge in [0.2, 0.25) is 11.7 Å². The minimum Gasteiger partial charge on any atom is -0.493 e. The third-order valence-electron chi connectivity index (χ3n) is 3.83. The van der Waals surface area contributed by atoms with E-state index in [1.807, 2.05) is 6.07 Å². The van der Waals surface area contributed by atoms with Crippen LogP contribution in [-0.2, 0) is 14.3 Å². The zero-order valence-electron chi connectivity index (χ0n) is 14.9. The largest absolute Gasteiger partial charge is 0.493 e. The first-order valence-corrected chi connectivity index (χ1v) is 8.97. The lowest BCUT2D eigenvalue weighted by atomic mass is 10.1. The number of thioether (sulfide) groups is 1. The summed E-state index contributed by atoms with van der Waals surface area (Å²) >= 11 is 1.49. The first kappa shape index (κ1) is 19.2. The van der Waals surface area contributed by atoms with Gasteiger partial charge in [0.15, 0.2) is 11.5 Å². The Labute approximate surface area is 151 Å². The molecule has 8 heteroatoms. The van der Waals surface area contributed by atoms with Gasteiger partial charge in [-0.15, -0.1) is 11.8 Å².